The lowest BCUT2D eigenvalue weighted by atomic mass is 10.4. The SMILES string of the molecule is C=CCCN=C=O. The Bertz CT molecular complexity index is 92.3. The molecule has 0 saturated carbocycles. The molecule has 0 aliphatic heterocycles. The molecule has 38 valence electrons. The van der Waals surface area contributed by atoms with Crippen molar-refractivity contribution in [2.24, 2.45) is 4.99 Å². The minimum Gasteiger partial charge on any atom is -0.211 e. The molecule has 7 heavy (non-hydrogen) atoms. The van der Waals surface area contributed by atoms with E-state index in [0.29, 0.717) is 6.54 Å². The van der Waals surface area contributed by atoms with Crippen molar-refractivity contribution in [2.75, 3.05) is 6.54 Å². The number of hydrogen-bond donors (Lipinski definition) is 0. The van der Waals surface area contributed by atoms with Gasteiger partial charge in [-0.3, -0.25) is 0 Å². The molecule has 0 heterocycles. The zero-order valence-electron chi connectivity index (χ0n) is 4.05. The molecule has 2 nitrogen and oxygen atoms in total. The van der Waals surface area contributed by atoms with E-state index in [1.54, 1.807) is 6.08 Å². The van der Waals surface area contributed by atoms with Crippen LogP contribution in [0.1, 0.15) is 6.42 Å². The Morgan fingerprint density at radius 3 is 3.00 bits per heavy atom. The maximum Gasteiger partial charge on any atom is 0.234 e. The second kappa shape index (κ2) is 5.12. The Balaban J connectivity index is 2.97. The fourth-order valence-electron chi connectivity index (χ4n) is 0.201. The lowest BCUT2D eigenvalue weighted by molar-refractivity contribution is 0.563. The zero-order chi connectivity index (χ0) is 5.54. The van der Waals surface area contributed by atoms with E-state index in [1.165, 1.54) is 6.08 Å². The van der Waals surface area contributed by atoms with E-state index in [4.69, 9.17) is 0 Å². The standard InChI is InChI=1S/C5H7NO/c1-2-3-4-6-5-7/h2H,1,3-4H2. The molecule has 0 N–H and O–H groups in total. The third-order valence-electron chi connectivity index (χ3n) is 0.510. The summed E-state index contributed by atoms with van der Waals surface area (Å²) in [6.45, 7) is 3.96. The maximum atomic E-state index is 9.35. The van der Waals surface area contributed by atoms with E-state index < -0.39 is 0 Å². The van der Waals surface area contributed by atoms with Crippen LogP contribution in [-0.2, 0) is 4.79 Å². The zero-order valence-corrected chi connectivity index (χ0v) is 4.05. The van der Waals surface area contributed by atoms with Crippen molar-refractivity contribution in [2.45, 2.75) is 6.42 Å². The van der Waals surface area contributed by atoms with E-state index in [0.717, 1.165) is 6.42 Å². The lowest BCUT2D eigenvalue weighted by Gasteiger charge is -1.75. The highest BCUT2D eigenvalue weighted by Gasteiger charge is 1.69. The topological polar surface area (TPSA) is 29.4 Å². The predicted octanol–water partition coefficient (Wildman–Crippen LogP) is 0.898. The fraction of sp³-hybridized carbons (Fsp3) is 0.400. The Kier molecular flexibility index (Phi) is 4.48. The average molecular weight is 97.1 g/mol. The van der Waals surface area contributed by atoms with Crippen molar-refractivity contribution >= 4 is 6.08 Å². The molecule has 2 heteroatoms. The van der Waals surface area contributed by atoms with Gasteiger partial charge >= 0.3 is 0 Å². The van der Waals surface area contributed by atoms with Gasteiger partial charge in [-0.1, -0.05) is 6.08 Å². The summed E-state index contributed by atoms with van der Waals surface area (Å²) in [5, 5.41) is 0. The summed E-state index contributed by atoms with van der Waals surface area (Å²) in [5.41, 5.74) is 0. The molecular formula is C5H7NO. The average Bonchev–Trinajstić information content (AvgIpc) is 1.69. The van der Waals surface area contributed by atoms with Crippen molar-refractivity contribution in [1.82, 2.24) is 0 Å². The summed E-state index contributed by atoms with van der Waals surface area (Å²) in [4.78, 5) is 12.6. The van der Waals surface area contributed by atoms with Crippen LogP contribution < -0.4 is 0 Å². The van der Waals surface area contributed by atoms with Crippen LogP contribution in [0.2, 0.25) is 0 Å². The quantitative estimate of drug-likeness (QED) is 0.222. The first-order valence-electron chi connectivity index (χ1n) is 2.06. The van der Waals surface area contributed by atoms with Gasteiger partial charge < -0.3 is 0 Å². The van der Waals surface area contributed by atoms with E-state index in [1.807, 2.05) is 0 Å². The highest BCUT2D eigenvalue weighted by atomic mass is 16.1. The maximum absolute atomic E-state index is 9.35. The minimum absolute atomic E-state index is 0.521. The molecule has 0 radical (unpaired) electrons. The second-order valence-corrected chi connectivity index (χ2v) is 1.05. The Hall–Kier alpha value is -0.880. The van der Waals surface area contributed by atoms with Gasteiger partial charge in [-0.05, 0) is 6.42 Å². The largest absolute Gasteiger partial charge is 0.234 e. The Morgan fingerprint density at radius 2 is 2.57 bits per heavy atom. The molecule has 0 aromatic rings. The molecule has 0 saturated heterocycles. The summed E-state index contributed by atoms with van der Waals surface area (Å²) in [6.07, 6.45) is 3.90. The summed E-state index contributed by atoms with van der Waals surface area (Å²) >= 11 is 0. The fourth-order valence-corrected chi connectivity index (χ4v) is 0.201. The number of rotatable bonds is 3. The van der Waals surface area contributed by atoms with E-state index in [9.17, 15) is 4.79 Å². The van der Waals surface area contributed by atoms with Crippen LogP contribution in [-0.4, -0.2) is 12.6 Å². The monoisotopic (exact) mass is 97.1 g/mol. The van der Waals surface area contributed by atoms with Gasteiger partial charge in [0.1, 0.15) is 0 Å². The van der Waals surface area contributed by atoms with E-state index in [2.05, 4.69) is 11.6 Å². The van der Waals surface area contributed by atoms with Crippen LogP contribution in [0.5, 0.6) is 0 Å². The van der Waals surface area contributed by atoms with Gasteiger partial charge in [-0.15, -0.1) is 6.58 Å². The summed E-state index contributed by atoms with van der Waals surface area (Å²) in [7, 11) is 0. The van der Waals surface area contributed by atoms with Crippen molar-refractivity contribution in [3.63, 3.8) is 0 Å². The van der Waals surface area contributed by atoms with E-state index >= 15 is 0 Å². The first-order chi connectivity index (χ1) is 3.41. The predicted molar refractivity (Wildman–Crippen MR) is 27.8 cm³/mol. The van der Waals surface area contributed by atoms with Gasteiger partial charge in [0.15, 0.2) is 0 Å². The van der Waals surface area contributed by atoms with Crippen molar-refractivity contribution in [3.05, 3.63) is 12.7 Å². The number of nitrogens with zero attached hydrogens (tertiary/aromatic N) is 1. The number of isocyanates is 1. The minimum atomic E-state index is 0.521. The summed E-state index contributed by atoms with van der Waals surface area (Å²) in [5.74, 6) is 0. The second-order valence-electron chi connectivity index (χ2n) is 1.05. The summed E-state index contributed by atoms with van der Waals surface area (Å²) in [6, 6.07) is 0. The molecular weight excluding hydrogens is 90.1 g/mol. The van der Waals surface area contributed by atoms with Crippen LogP contribution in [0, 0.1) is 0 Å². The van der Waals surface area contributed by atoms with Crippen molar-refractivity contribution in [3.8, 4) is 0 Å². The molecule has 0 aromatic heterocycles. The normalized spacial score (nSPS) is 6.86. The van der Waals surface area contributed by atoms with Gasteiger partial charge in [-0.2, -0.15) is 0 Å². The molecule has 0 fully saturated rings. The third kappa shape index (κ3) is 5.12. The molecule has 0 unspecified atom stereocenters. The van der Waals surface area contributed by atoms with Gasteiger partial charge in [-0.25, -0.2) is 9.79 Å². The van der Waals surface area contributed by atoms with Crippen LogP contribution in [0.3, 0.4) is 0 Å². The smallest absolute Gasteiger partial charge is 0.211 e. The molecule has 0 aliphatic carbocycles. The highest BCUT2D eigenvalue weighted by molar-refractivity contribution is 5.32. The van der Waals surface area contributed by atoms with Gasteiger partial charge in [0.2, 0.25) is 6.08 Å². The molecule has 0 aliphatic rings. The van der Waals surface area contributed by atoms with Gasteiger partial charge in [0.05, 0.1) is 6.54 Å². The number of hydrogen-bond acceptors (Lipinski definition) is 2. The van der Waals surface area contributed by atoms with Crippen molar-refractivity contribution < 1.29 is 4.79 Å². The van der Waals surface area contributed by atoms with Crippen molar-refractivity contribution in [1.29, 1.82) is 0 Å². The van der Waals surface area contributed by atoms with Crippen LogP contribution in [0.4, 0.5) is 0 Å². The number of carbonyl (C=O) groups excluding carboxylic acids is 1. The lowest BCUT2D eigenvalue weighted by Crippen LogP contribution is -1.71. The Morgan fingerprint density at radius 1 is 1.86 bits per heavy atom. The van der Waals surface area contributed by atoms with Gasteiger partial charge in [0, 0.05) is 0 Å². The Labute approximate surface area is 42.6 Å². The molecule has 0 bridgehead atoms. The first kappa shape index (κ1) is 6.12. The molecule has 0 spiro atoms. The van der Waals surface area contributed by atoms with E-state index in [-0.39, 0.29) is 0 Å². The molecule has 0 amide bonds. The molecule has 0 atom stereocenters. The highest BCUT2D eigenvalue weighted by Crippen LogP contribution is 1.76. The first-order valence-corrected chi connectivity index (χ1v) is 2.06. The number of aliphatic imine (C=N–C) groups is 1. The van der Waals surface area contributed by atoms with Crippen LogP contribution in [0.15, 0.2) is 17.6 Å². The van der Waals surface area contributed by atoms with Crippen LogP contribution >= 0.6 is 0 Å². The summed E-state index contributed by atoms with van der Waals surface area (Å²) < 4.78 is 0. The van der Waals surface area contributed by atoms with Gasteiger partial charge in [0.25, 0.3) is 0 Å². The third-order valence-corrected chi connectivity index (χ3v) is 0.510. The molecule has 0 aromatic carbocycles. The molecule has 0 rings (SSSR count). The van der Waals surface area contributed by atoms with Crippen LogP contribution in [0.25, 0.3) is 0 Å².